The molecule has 0 aromatic heterocycles. The number of benzene rings is 2. The molecule has 7 N–H and O–H groups in total. The molecule has 3 amide bonds. The normalized spacial score (nSPS) is 18.2. The summed E-state index contributed by atoms with van der Waals surface area (Å²) < 4.78 is 0. The zero-order valence-corrected chi connectivity index (χ0v) is 24.9. The summed E-state index contributed by atoms with van der Waals surface area (Å²) >= 11 is 0. The lowest BCUT2D eigenvalue weighted by Gasteiger charge is -2.29. The molecular formula is C32H45N7O4. The Morgan fingerprint density at radius 3 is 2.44 bits per heavy atom. The Morgan fingerprint density at radius 2 is 1.67 bits per heavy atom. The summed E-state index contributed by atoms with van der Waals surface area (Å²) in [7, 11) is 0. The van der Waals surface area contributed by atoms with Crippen LogP contribution in [0.15, 0.2) is 47.5 Å². The van der Waals surface area contributed by atoms with Crippen molar-refractivity contribution < 1.29 is 19.2 Å². The summed E-state index contributed by atoms with van der Waals surface area (Å²) in [6, 6.07) is 11.6. The van der Waals surface area contributed by atoms with E-state index in [1.54, 1.807) is 4.90 Å². The number of ketones is 1. The van der Waals surface area contributed by atoms with E-state index in [1.807, 2.05) is 47.4 Å². The van der Waals surface area contributed by atoms with E-state index >= 15 is 0 Å². The minimum absolute atomic E-state index is 0.0335. The SMILES string of the molecule is NC(N)=NCCCC(NC(=O)[C@@H]1CCCN1C(=O)C(N)Cc1cccc2ccccc12)C(=O)CCC(=O)N1CCCCC1. The van der Waals surface area contributed by atoms with Gasteiger partial charge in [0.25, 0.3) is 0 Å². The maximum Gasteiger partial charge on any atom is 0.243 e. The first kappa shape index (κ1) is 31.9. The predicted octanol–water partition coefficient (Wildman–Crippen LogP) is 1.60. The molecule has 2 unspecified atom stereocenters. The van der Waals surface area contributed by atoms with E-state index < -0.39 is 18.1 Å². The number of rotatable bonds is 13. The number of nitrogens with two attached hydrogens (primary N) is 3. The lowest BCUT2D eigenvalue weighted by molar-refractivity contribution is -0.140. The van der Waals surface area contributed by atoms with Gasteiger partial charge in [0.15, 0.2) is 11.7 Å². The second-order valence-corrected chi connectivity index (χ2v) is 11.6. The monoisotopic (exact) mass is 591 g/mol. The van der Waals surface area contributed by atoms with Crippen LogP contribution in [0.3, 0.4) is 0 Å². The molecule has 2 aliphatic heterocycles. The first-order valence-electron chi connectivity index (χ1n) is 15.4. The lowest BCUT2D eigenvalue weighted by atomic mass is 9.98. The number of carbonyl (C=O) groups is 4. The highest BCUT2D eigenvalue weighted by Gasteiger charge is 2.37. The van der Waals surface area contributed by atoms with Gasteiger partial charge in [-0.25, -0.2) is 0 Å². The van der Waals surface area contributed by atoms with Gasteiger partial charge in [-0.2, -0.15) is 0 Å². The summed E-state index contributed by atoms with van der Waals surface area (Å²) in [5.41, 5.74) is 18.3. The number of fused-ring (bicyclic) bond motifs is 1. The largest absolute Gasteiger partial charge is 0.370 e. The highest BCUT2D eigenvalue weighted by Crippen LogP contribution is 2.23. The molecule has 2 heterocycles. The van der Waals surface area contributed by atoms with Crippen molar-refractivity contribution in [3.05, 3.63) is 48.0 Å². The molecule has 0 bridgehead atoms. The third kappa shape index (κ3) is 8.76. The molecule has 0 radical (unpaired) electrons. The predicted molar refractivity (Wildman–Crippen MR) is 167 cm³/mol. The molecule has 2 saturated heterocycles. The van der Waals surface area contributed by atoms with Crippen LogP contribution in [-0.2, 0) is 25.6 Å². The molecule has 2 aromatic carbocycles. The third-order valence-corrected chi connectivity index (χ3v) is 8.42. The van der Waals surface area contributed by atoms with Crippen LogP contribution >= 0.6 is 0 Å². The smallest absolute Gasteiger partial charge is 0.243 e. The van der Waals surface area contributed by atoms with Gasteiger partial charge in [0.1, 0.15) is 6.04 Å². The van der Waals surface area contributed by atoms with E-state index in [2.05, 4.69) is 10.3 Å². The summed E-state index contributed by atoms with van der Waals surface area (Å²) in [5, 5.41) is 5.01. The van der Waals surface area contributed by atoms with Gasteiger partial charge in [0.2, 0.25) is 17.7 Å². The number of hydrogen-bond acceptors (Lipinski definition) is 6. The highest BCUT2D eigenvalue weighted by molar-refractivity contribution is 5.95. The fourth-order valence-corrected chi connectivity index (χ4v) is 6.10. The molecule has 3 atom stereocenters. The number of hydrogen-bond donors (Lipinski definition) is 4. The lowest BCUT2D eigenvalue weighted by Crippen LogP contribution is -2.54. The third-order valence-electron chi connectivity index (χ3n) is 8.42. The molecule has 0 spiro atoms. The molecule has 2 aromatic rings. The van der Waals surface area contributed by atoms with Crippen LogP contribution in [0.2, 0.25) is 0 Å². The minimum Gasteiger partial charge on any atom is -0.370 e. The van der Waals surface area contributed by atoms with Gasteiger partial charge >= 0.3 is 0 Å². The van der Waals surface area contributed by atoms with Crippen molar-refractivity contribution >= 4 is 40.2 Å². The number of aliphatic imine (C=N–C) groups is 1. The molecule has 2 aliphatic rings. The Kier molecular flexibility index (Phi) is 11.5. The van der Waals surface area contributed by atoms with E-state index in [1.165, 1.54) is 0 Å². The summed E-state index contributed by atoms with van der Waals surface area (Å²) in [4.78, 5) is 60.3. The number of nitrogens with zero attached hydrogens (tertiary/aromatic N) is 3. The second-order valence-electron chi connectivity index (χ2n) is 11.6. The Hall–Kier alpha value is -3.99. The van der Waals surface area contributed by atoms with E-state index in [9.17, 15) is 19.2 Å². The van der Waals surface area contributed by atoms with Crippen LogP contribution in [0.25, 0.3) is 10.8 Å². The van der Waals surface area contributed by atoms with Crippen molar-refractivity contribution in [3.63, 3.8) is 0 Å². The number of guanidine groups is 1. The molecule has 4 rings (SSSR count). The zero-order valence-electron chi connectivity index (χ0n) is 24.9. The first-order chi connectivity index (χ1) is 20.7. The number of likely N-dealkylation sites (tertiary alicyclic amines) is 2. The maximum absolute atomic E-state index is 13.5. The maximum atomic E-state index is 13.5. The summed E-state index contributed by atoms with van der Waals surface area (Å²) in [5.74, 6) is -0.962. The number of carbonyl (C=O) groups excluding carboxylic acids is 4. The van der Waals surface area contributed by atoms with Crippen molar-refractivity contribution in [3.8, 4) is 0 Å². The average molecular weight is 592 g/mol. The van der Waals surface area contributed by atoms with Gasteiger partial charge in [-0.15, -0.1) is 0 Å². The van der Waals surface area contributed by atoms with Crippen molar-refractivity contribution in [1.82, 2.24) is 15.1 Å². The molecule has 0 aliphatic carbocycles. The van der Waals surface area contributed by atoms with Crippen LogP contribution in [0.4, 0.5) is 0 Å². The van der Waals surface area contributed by atoms with Gasteiger partial charge in [-0.05, 0) is 67.7 Å². The zero-order chi connectivity index (χ0) is 30.8. The Bertz CT molecular complexity index is 1310. The first-order valence-corrected chi connectivity index (χ1v) is 15.4. The molecule has 11 nitrogen and oxygen atoms in total. The molecular weight excluding hydrogens is 546 g/mol. The van der Waals surface area contributed by atoms with Gasteiger partial charge in [0, 0.05) is 39.0 Å². The van der Waals surface area contributed by atoms with Crippen molar-refractivity contribution in [1.29, 1.82) is 0 Å². The van der Waals surface area contributed by atoms with Crippen LogP contribution in [0, 0.1) is 0 Å². The standard InChI is InChI=1S/C32H45N7O4/c33-25(21-23-11-6-10-22-9-2-3-12-24(22)23)31(43)39-20-8-14-27(39)30(42)37-26(13-7-17-36-32(34)35)28(40)15-16-29(41)38-18-4-1-5-19-38/h2-3,6,9-12,25-27H,1,4-5,7-8,13-21,33H2,(H,37,42)(H4,34,35,36)/t25?,26?,27-/m0/s1. The number of nitrogens with one attached hydrogen (secondary N) is 1. The van der Waals surface area contributed by atoms with Crippen molar-refractivity contribution in [2.24, 2.45) is 22.2 Å². The van der Waals surface area contributed by atoms with Gasteiger partial charge < -0.3 is 32.3 Å². The van der Waals surface area contributed by atoms with Crippen molar-refractivity contribution in [2.75, 3.05) is 26.2 Å². The van der Waals surface area contributed by atoms with Gasteiger partial charge in [-0.1, -0.05) is 42.5 Å². The number of Topliss-reactive ketones (excluding diaryl/α,β-unsaturated/α-hetero) is 1. The Morgan fingerprint density at radius 1 is 0.930 bits per heavy atom. The minimum atomic E-state index is -0.808. The topological polar surface area (TPSA) is 177 Å². The molecule has 232 valence electrons. The second kappa shape index (κ2) is 15.5. The molecule has 43 heavy (non-hydrogen) atoms. The summed E-state index contributed by atoms with van der Waals surface area (Å²) in [6.07, 6.45) is 5.50. The number of piperidine rings is 1. The van der Waals surface area contributed by atoms with Gasteiger partial charge in [-0.3, -0.25) is 24.2 Å². The van der Waals surface area contributed by atoms with E-state index in [4.69, 9.17) is 17.2 Å². The fourth-order valence-electron chi connectivity index (χ4n) is 6.10. The van der Waals surface area contributed by atoms with E-state index in [0.29, 0.717) is 45.2 Å². The average Bonchev–Trinajstić information content (AvgIpc) is 3.51. The molecule has 11 heteroatoms. The van der Waals surface area contributed by atoms with Crippen molar-refractivity contribution in [2.45, 2.75) is 82.3 Å². The fraction of sp³-hybridized carbons (Fsp3) is 0.531. The van der Waals surface area contributed by atoms with Gasteiger partial charge in [0.05, 0.1) is 12.1 Å². The van der Waals surface area contributed by atoms with Crippen LogP contribution in [0.5, 0.6) is 0 Å². The van der Waals surface area contributed by atoms with Crippen LogP contribution < -0.4 is 22.5 Å². The summed E-state index contributed by atoms with van der Waals surface area (Å²) in [6.45, 7) is 2.18. The Labute approximate surface area is 253 Å². The highest BCUT2D eigenvalue weighted by atomic mass is 16.2. The molecule has 2 fully saturated rings. The van der Waals surface area contributed by atoms with E-state index in [-0.39, 0.29) is 42.3 Å². The molecule has 0 saturated carbocycles. The van der Waals surface area contributed by atoms with Crippen LogP contribution in [0.1, 0.15) is 63.4 Å². The number of amides is 3. The van der Waals surface area contributed by atoms with E-state index in [0.717, 1.165) is 48.7 Å². The van der Waals surface area contributed by atoms with Crippen LogP contribution in [-0.4, -0.2) is 83.6 Å². The Balaban J connectivity index is 1.38. The quantitative estimate of drug-likeness (QED) is 0.155.